The van der Waals surface area contributed by atoms with Crippen molar-refractivity contribution in [1.82, 2.24) is 0 Å². The van der Waals surface area contributed by atoms with Crippen LogP contribution in [0.25, 0.3) is 0 Å². The molecule has 7 heteroatoms. The first kappa shape index (κ1) is 14.6. The van der Waals surface area contributed by atoms with Gasteiger partial charge in [-0.25, -0.2) is 4.39 Å². The van der Waals surface area contributed by atoms with Crippen LogP contribution in [-0.2, 0) is 5.88 Å². The van der Waals surface area contributed by atoms with Crippen molar-refractivity contribution in [1.29, 1.82) is 0 Å². The minimum absolute atomic E-state index is 0.110. The molecule has 0 N–H and O–H groups in total. The number of rotatable bonds is 4. The highest BCUT2D eigenvalue weighted by molar-refractivity contribution is 6.30. The van der Waals surface area contributed by atoms with E-state index in [1.54, 1.807) is 12.1 Å². The third-order valence-corrected chi connectivity index (χ3v) is 3.03. The van der Waals surface area contributed by atoms with E-state index >= 15 is 0 Å². The van der Waals surface area contributed by atoms with Gasteiger partial charge in [0.1, 0.15) is 11.6 Å². The van der Waals surface area contributed by atoms with Crippen LogP contribution in [0.15, 0.2) is 36.4 Å². The minimum Gasteiger partial charge on any atom is -0.450 e. The first-order chi connectivity index (χ1) is 9.51. The van der Waals surface area contributed by atoms with Crippen molar-refractivity contribution >= 4 is 28.9 Å². The molecule has 0 bridgehead atoms. The molecule has 104 valence electrons. The number of nitro groups is 1. The number of nitro benzene ring substituents is 1. The van der Waals surface area contributed by atoms with Crippen LogP contribution in [0.4, 0.5) is 10.1 Å². The van der Waals surface area contributed by atoms with Crippen LogP contribution >= 0.6 is 23.2 Å². The molecule has 0 aliphatic carbocycles. The van der Waals surface area contributed by atoms with Gasteiger partial charge in [0, 0.05) is 22.7 Å². The molecule has 0 saturated heterocycles. The van der Waals surface area contributed by atoms with Gasteiger partial charge in [0.2, 0.25) is 5.75 Å². The molecule has 0 radical (unpaired) electrons. The zero-order valence-corrected chi connectivity index (χ0v) is 11.5. The Morgan fingerprint density at radius 1 is 1.20 bits per heavy atom. The van der Waals surface area contributed by atoms with E-state index in [2.05, 4.69) is 0 Å². The highest BCUT2D eigenvalue weighted by Crippen LogP contribution is 2.34. The van der Waals surface area contributed by atoms with Gasteiger partial charge < -0.3 is 4.74 Å². The second kappa shape index (κ2) is 6.07. The van der Waals surface area contributed by atoms with Gasteiger partial charge in [-0.05, 0) is 24.3 Å². The fourth-order valence-corrected chi connectivity index (χ4v) is 1.99. The molecule has 4 nitrogen and oxygen atoms in total. The number of benzene rings is 2. The second-order valence-corrected chi connectivity index (χ2v) is 4.56. The molecular weight excluding hydrogens is 308 g/mol. The molecule has 0 unspecified atom stereocenters. The van der Waals surface area contributed by atoms with Gasteiger partial charge in [-0.1, -0.05) is 11.6 Å². The number of hydrogen-bond donors (Lipinski definition) is 0. The van der Waals surface area contributed by atoms with Gasteiger partial charge in [-0.15, -0.1) is 11.6 Å². The zero-order valence-electron chi connectivity index (χ0n) is 9.98. The van der Waals surface area contributed by atoms with Crippen molar-refractivity contribution in [2.75, 3.05) is 0 Å². The highest BCUT2D eigenvalue weighted by atomic mass is 35.5. The van der Waals surface area contributed by atoms with Crippen LogP contribution in [-0.4, -0.2) is 4.92 Å². The third kappa shape index (κ3) is 3.18. The molecule has 0 atom stereocenters. The maximum Gasteiger partial charge on any atom is 0.311 e. The van der Waals surface area contributed by atoms with Gasteiger partial charge in [0.15, 0.2) is 0 Å². The molecular formula is C13H8Cl2FNO3. The summed E-state index contributed by atoms with van der Waals surface area (Å²) in [5.41, 5.74) is 0.222. The Bertz CT molecular complexity index is 664. The minimum atomic E-state index is -0.648. The molecule has 0 aliphatic rings. The van der Waals surface area contributed by atoms with Crippen LogP contribution in [0, 0.1) is 15.9 Å². The molecule has 2 rings (SSSR count). The predicted molar refractivity (Wildman–Crippen MR) is 74.1 cm³/mol. The van der Waals surface area contributed by atoms with E-state index in [4.69, 9.17) is 27.9 Å². The third-order valence-electron chi connectivity index (χ3n) is 2.50. The van der Waals surface area contributed by atoms with Crippen molar-refractivity contribution in [2.24, 2.45) is 0 Å². The summed E-state index contributed by atoms with van der Waals surface area (Å²) in [4.78, 5) is 10.2. The SMILES string of the molecule is O=[N+]([O-])c1ccc(F)cc1Oc1ccc(Cl)cc1CCl. The monoisotopic (exact) mass is 315 g/mol. The first-order valence-corrected chi connectivity index (χ1v) is 6.38. The lowest BCUT2D eigenvalue weighted by atomic mass is 10.2. The molecule has 0 amide bonds. The lowest BCUT2D eigenvalue weighted by Gasteiger charge is -2.10. The highest BCUT2D eigenvalue weighted by Gasteiger charge is 2.17. The normalized spacial score (nSPS) is 10.3. The quantitative estimate of drug-likeness (QED) is 0.457. The van der Waals surface area contributed by atoms with E-state index in [1.165, 1.54) is 6.07 Å². The Morgan fingerprint density at radius 2 is 1.95 bits per heavy atom. The summed E-state index contributed by atoms with van der Waals surface area (Å²) in [6.45, 7) is 0. The van der Waals surface area contributed by atoms with E-state index in [9.17, 15) is 14.5 Å². The fourth-order valence-electron chi connectivity index (χ4n) is 1.59. The smallest absolute Gasteiger partial charge is 0.311 e. The second-order valence-electron chi connectivity index (χ2n) is 3.86. The Morgan fingerprint density at radius 3 is 2.60 bits per heavy atom. The molecule has 0 spiro atoms. The van der Waals surface area contributed by atoms with Gasteiger partial charge in [-0.2, -0.15) is 0 Å². The molecule has 2 aromatic carbocycles. The summed E-state index contributed by atoms with van der Waals surface area (Å²) in [5.74, 6) is -0.423. The van der Waals surface area contributed by atoms with E-state index in [-0.39, 0.29) is 23.1 Å². The number of halogens is 3. The molecule has 0 fully saturated rings. The average Bonchev–Trinajstić information content (AvgIpc) is 2.40. The Balaban J connectivity index is 2.44. The number of hydrogen-bond acceptors (Lipinski definition) is 3. The van der Waals surface area contributed by atoms with E-state index in [1.807, 2.05) is 0 Å². The summed E-state index contributed by atoms with van der Waals surface area (Å²) in [6.07, 6.45) is 0. The molecule has 2 aromatic rings. The van der Waals surface area contributed by atoms with Crippen LogP contribution in [0.2, 0.25) is 5.02 Å². The standard InChI is InChI=1S/C13H8Cl2FNO3/c14-7-8-5-9(15)1-4-12(8)20-13-6-10(16)2-3-11(13)17(18)19/h1-6H,7H2. The molecule has 20 heavy (non-hydrogen) atoms. The molecule has 0 heterocycles. The summed E-state index contributed by atoms with van der Waals surface area (Å²) in [7, 11) is 0. The lowest BCUT2D eigenvalue weighted by molar-refractivity contribution is -0.385. The number of ether oxygens (including phenoxy) is 1. The number of nitrogens with zero attached hydrogens (tertiary/aromatic N) is 1. The van der Waals surface area contributed by atoms with Gasteiger partial charge >= 0.3 is 5.69 Å². The number of alkyl halides is 1. The van der Waals surface area contributed by atoms with Crippen molar-refractivity contribution in [3.05, 3.63) is 62.9 Å². The van der Waals surface area contributed by atoms with E-state index < -0.39 is 10.7 Å². The van der Waals surface area contributed by atoms with Crippen LogP contribution in [0.5, 0.6) is 11.5 Å². The Kier molecular flexibility index (Phi) is 4.42. The van der Waals surface area contributed by atoms with Crippen molar-refractivity contribution < 1.29 is 14.1 Å². The topological polar surface area (TPSA) is 52.4 Å². The Hall–Kier alpha value is -1.85. The molecule has 0 aromatic heterocycles. The van der Waals surface area contributed by atoms with Crippen LogP contribution in [0.3, 0.4) is 0 Å². The molecule has 0 aliphatic heterocycles. The zero-order chi connectivity index (χ0) is 14.7. The maximum atomic E-state index is 13.2. The molecule has 0 saturated carbocycles. The summed E-state index contributed by atoms with van der Waals surface area (Å²) in [6, 6.07) is 7.64. The van der Waals surface area contributed by atoms with Gasteiger partial charge in [-0.3, -0.25) is 10.1 Å². The average molecular weight is 316 g/mol. The van der Waals surface area contributed by atoms with Crippen LogP contribution in [0.1, 0.15) is 5.56 Å². The van der Waals surface area contributed by atoms with E-state index in [0.29, 0.717) is 10.6 Å². The van der Waals surface area contributed by atoms with Crippen molar-refractivity contribution in [2.45, 2.75) is 5.88 Å². The fraction of sp³-hybridized carbons (Fsp3) is 0.0769. The predicted octanol–water partition coefficient (Wildman–Crippen LogP) is 4.92. The van der Waals surface area contributed by atoms with Crippen molar-refractivity contribution in [3.63, 3.8) is 0 Å². The lowest BCUT2D eigenvalue weighted by Crippen LogP contribution is -1.96. The van der Waals surface area contributed by atoms with Gasteiger partial charge in [0.05, 0.1) is 10.8 Å². The summed E-state index contributed by atoms with van der Waals surface area (Å²) < 4.78 is 18.6. The van der Waals surface area contributed by atoms with Gasteiger partial charge in [0.25, 0.3) is 0 Å². The van der Waals surface area contributed by atoms with Crippen LogP contribution < -0.4 is 4.74 Å². The summed E-state index contributed by atoms with van der Waals surface area (Å²) >= 11 is 11.6. The maximum absolute atomic E-state index is 13.2. The van der Waals surface area contributed by atoms with Crippen molar-refractivity contribution in [3.8, 4) is 11.5 Å². The first-order valence-electron chi connectivity index (χ1n) is 5.47. The Labute approximate surface area is 123 Å². The van der Waals surface area contributed by atoms with E-state index in [0.717, 1.165) is 18.2 Å². The summed E-state index contributed by atoms with van der Waals surface area (Å²) in [5, 5.41) is 11.3. The largest absolute Gasteiger partial charge is 0.450 e.